The molecule has 0 spiro atoms. The van der Waals surface area contributed by atoms with E-state index in [4.69, 9.17) is 0 Å². The SMILES string of the molecule is Cc1ccc(-c2ccc3c(c2)c2ccccc2n3-c2cc(C#N)ccc2-c2ccc(-c3ccc(C#N)cc3C)cc2-n2c3ccccc3c3cc(-c4ccc(C)cc4)ccc32)cc1. The molecular weight excluding hydrogens is 765 g/mol. The third-order valence-electron chi connectivity index (χ3n) is 12.7. The van der Waals surface area contributed by atoms with Gasteiger partial charge in [0.1, 0.15) is 0 Å². The summed E-state index contributed by atoms with van der Waals surface area (Å²) in [5, 5.41) is 24.8. The molecule has 0 bridgehead atoms. The molecule has 11 aromatic rings. The van der Waals surface area contributed by atoms with Crippen molar-refractivity contribution in [3.8, 4) is 68.0 Å². The van der Waals surface area contributed by atoms with Crippen molar-refractivity contribution in [2.24, 2.45) is 0 Å². The number of nitrogens with zero attached hydrogens (tertiary/aromatic N) is 4. The second-order valence-corrected chi connectivity index (χ2v) is 16.6. The van der Waals surface area contributed by atoms with Crippen LogP contribution in [0.4, 0.5) is 0 Å². The molecule has 0 unspecified atom stereocenters. The Morgan fingerprint density at radius 1 is 0.333 bits per heavy atom. The van der Waals surface area contributed by atoms with Crippen LogP contribution < -0.4 is 0 Å². The summed E-state index contributed by atoms with van der Waals surface area (Å²) in [6.45, 7) is 6.31. The van der Waals surface area contributed by atoms with Crippen molar-refractivity contribution in [2.45, 2.75) is 20.8 Å². The maximum Gasteiger partial charge on any atom is 0.0992 e. The number of rotatable bonds is 6. The van der Waals surface area contributed by atoms with E-state index in [1.807, 2.05) is 24.3 Å². The minimum absolute atomic E-state index is 0.586. The molecule has 4 heteroatoms. The largest absolute Gasteiger partial charge is 0.309 e. The maximum absolute atomic E-state index is 10.4. The smallest absolute Gasteiger partial charge is 0.0992 e. The molecule has 0 fully saturated rings. The third kappa shape index (κ3) is 6.28. The molecule has 0 saturated heterocycles. The van der Waals surface area contributed by atoms with Crippen LogP contribution in [0.3, 0.4) is 0 Å². The number of aryl methyl sites for hydroxylation is 3. The van der Waals surface area contributed by atoms with E-state index in [0.717, 1.165) is 77.6 Å². The highest BCUT2D eigenvalue weighted by atomic mass is 15.0. The molecule has 11 rings (SSSR count). The lowest BCUT2D eigenvalue weighted by molar-refractivity contribution is 1.16. The molecule has 0 atom stereocenters. The molecule has 2 aromatic heterocycles. The van der Waals surface area contributed by atoms with Gasteiger partial charge in [0.15, 0.2) is 0 Å². The van der Waals surface area contributed by atoms with Gasteiger partial charge in [0.2, 0.25) is 0 Å². The van der Waals surface area contributed by atoms with Gasteiger partial charge in [0.25, 0.3) is 0 Å². The summed E-state index contributed by atoms with van der Waals surface area (Å²) >= 11 is 0. The lowest BCUT2D eigenvalue weighted by Crippen LogP contribution is -2.03. The predicted octanol–water partition coefficient (Wildman–Crippen LogP) is 15.2. The fourth-order valence-electron chi connectivity index (χ4n) is 9.50. The Hall–Kier alpha value is -8.44. The van der Waals surface area contributed by atoms with Crippen molar-refractivity contribution < 1.29 is 0 Å². The summed E-state index contributed by atoms with van der Waals surface area (Å²) < 4.78 is 4.74. The molecule has 0 aliphatic carbocycles. The first-order valence-corrected chi connectivity index (χ1v) is 21.3. The second-order valence-electron chi connectivity index (χ2n) is 16.6. The number of fused-ring (bicyclic) bond motifs is 6. The van der Waals surface area contributed by atoms with Crippen molar-refractivity contribution in [3.63, 3.8) is 0 Å². The molecule has 0 N–H and O–H groups in total. The lowest BCUT2D eigenvalue weighted by atomic mass is 9.93. The van der Waals surface area contributed by atoms with Crippen LogP contribution >= 0.6 is 0 Å². The van der Waals surface area contributed by atoms with Crippen molar-refractivity contribution in [2.75, 3.05) is 0 Å². The molecule has 0 aliphatic rings. The predicted molar refractivity (Wildman–Crippen MR) is 261 cm³/mol. The first-order chi connectivity index (χ1) is 30.9. The van der Waals surface area contributed by atoms with E-state index < -0.39 is 0 Å². The number of hydrogen-bond donors (Lipinski definition) is 0. The van der Waals surface area contributed by atoms with Crippen LogP contribution in [0.15, 0.2) is 188 Å². The zero-order valence-electron chi connectivity index (χ0n) is 35.2. The average molecular weight is 805 g/mol. The van der Waals surface area contributed by atoms with Crippen molar-refractivity contribution in [3.05, 3.63) is 216 Å². The van der Waals surface area contributed by atoms with Crippen molar-refractivity contribution >= 4 is 43.6 Å². The highest BCUT2D eigenvalue weighted by Gasteiger charge is 2.22. The van der Waals surface area contributed by atoms with Crippen LogP contribution in [-0.4, -0.2) is 9.13 Å². The molecule has 296 valence electrons. The third-order valence-corrected chi connectivity index (χ3v) is 12.7. The molecule has 2 heterocycles. The van der Waals surface area contributed by atoms with E-state index in [1.54, 1.807) is 0 Å². The van der Waals surface area contributed by atoms with E-state index in [1.165, 1.54) is 38.6 Å². The molecular formula is C59H40N4. The molecule has 4 nitrogen and oxygen atoms in total. The Kier molecular flexibility index (Phi) is 8.90. The minimum Gasteiger partial charge on any atom is -0.309 e. The van der Waals surface area contributed by atoms with Crippen LogP contribution in [0, 0.1) is 43.4 Å². The van der Waals surface area contributed by atoms with E-state index in [-0.39, 0.29) is 0 Å². The van der Waals surface area contributed by atoms with Gasteiger partial charge < -0.3 is 9.13 Å². The number of nitriles is 2. The number of benzene rings is 9. The Bertz CT molecular complexity index is 3720. The minimum atomic E-state index is 0.586. The maximum atomic E-state index is 10.4. The summed E-state index contributed by atoms with van der Waals surface area (Å²) in [5.74, 6) is 0. The monoisotopic (exact) mass is 804 g/mol. The molecule has 0 saturated carbocycles. The zero-order chi connectivity index (χ0) is 42.8. The molecule has 63 heavy (non-hydrogen) atoms. The fraction of sp³-hybridized carbons (Fsp3) is 0.0508. The quantitative estimate of drug-likeness (QED) is 0.168. The zero-order valence-corrected chi connectivity index (χ0v) is 35.2. The number of aromatic nitrogens is 2. The van der Waals surface area contributed by atoms with Crippen molar-refractivity contribution in [1.29, 1.82) is 10.5 Å². The van der Waals surface area contributed by atoms with Crippen molar-refractivity contribution in [1.82, 2.24) is 9.13 Å². The summed E-state index contributed by atoms with van der Waals surface area (Å²) in [5.41, 5.74) is 19.8. The van der Waals surface area contributed by atoms with Crippen LogP contribution in [0.25, 0.3) is 99.5 Å². The van der Waals surface area contributed by atoms with Gasteiger partial charge in [-0.15, -0.1) is 0 Å². The number of hydrogen-bond acceptors (Lipinski definition) is 2. The van der Waals surface area contributed by atoms with Gasteiger partial charge in [-0.25, -0.2) is 0 Å². The van der Waals surface area contributed by atoms with Gasteiger partial charge in [-0.3, -0.25) is 0 Å². The van der Waals surface area contributed by atoms with Gasteiger partial charge in [-0.1, -0.05) is 132 Å². The Balaban J connectivity index is 1.20. The fourth-order valence-corrected chi connectivity index (χ4v) is 9.50. The molecule has 9 aromatic carbocycles. The van der Waals surface area contributed by atoms with Crippen LogP contribution in [0.5, 0.6) is 0 Å². The molecule has 0 radical (unpaired) electrons. The summed E-state index contributed by atoms with van der Waals surface area (Å²) in [7, 11) is 0. The highest BCUT2D eigenvalue weighted by molar-refractivity contribution is 6.13. The first kappa shape index (κ1) is 37.6. The molecule has 0 amide bonds. The lowest BCUT2D eigenvalue weighted by Gasteiger charge is -2.20. The van der Waals surface area contributed by atoms with Gasteiger partial charge in [0.05, 0.1) is 56.7 Å². The van der Waals surface area contributed by atoms with E-state index >= 15 is 0 Å². The van der Waals surface area contributed by atoms with Crippen LogP contribution in [-0.2, 0) is 0 Å². The Morgan fingerprint density at radius 2 is 0.746 bits per heavy atom. The van der Waals surface area contributed by atoms with E-state index in [9.17, 15) is 10.5 Å². The summed E-state index contributed by atoms with van der Waals surface area (Å²) in [6.07, 6.45) is 0. The van der Waals surface area contributed by atoms with Gasteiger partial charge in [0, 0.05) is 32.7 Å². The summed E-state index contributed by atoms with van der Waals surface area (Å²) in [4.78, 5) is 0. The van der Waals surface area contributed by atoms with E-state index in [2.05, 4.69) is 206 Å². The topological polar surface area (TPSA) is 57.4 Å². The second kappa shape index (κ2) is 14.9. The van der Waals surface area contributed by atoms with Crippen LogP contribution in [0.2, 0.25) is 0 Å². The average Bonchev–Trinajstić information content (AvgIpc) is 3.83. The van der Waals surface area contributed by atoms with Gasteiger partial charge in [-0.2, -0.15) is 10.5 Å². The number of para-hydroxylation sites is 2. The Morgan fingerprint density at radius 3 is 1.25 bits per heavy atom. The van der Waals surface area contributed by atoms with Gasteiger partial charge >= 0.3 is 0 Å². The summed E-state index contributed by atoms with van der Waals surface area (Å²) in [6, 6.07) is 71.7. The Labute approximate surface area is 366 Å². The first-order valence-electron chi connectivity index (χ1n) is 21.3. The highest BCUT2D eigenvalue weighted by Crippen LogP contribution is 2.44. The van der Waals surface area contributed by atoms with Gasteiger partial charge in [-0.05, 0) is 126 Å². The molecule has 0 aliphatic heterocycles. The van der Waals surface area contributed by atoms with Crippen LogP contribution in [0.1, 0.15) is 27.8 Å². The van der Waals surface area contributed by atoms with E-state index in [0.29, 0.717) is 11.1 Å². The normalized spacial score (nSPS) is 11.4. The standard InChI is InChI=1S/C59H40N4/c1-37-12-18-42(19-13-37)44-23-28-56-52(32-44)48-8-4-6-10-54(48)62(56)58-31-41(36-61)17-26-50(58)51-27-22-46(47-25-16-40(35-60)30-39(47)3)34-59(51)63-55-11-7-5-9-49(55)53-33-45(24-29-57(53)63)43-20-14-38(2)15-21-43/h4-34H,1-3H3.